The molecule has 110 valence electrons. The van der Waals surface area contributed by atoms with E-state index >= 15 is 0 Å². The van der Waals surface area contributed by atoms with Gasteiger partial charge in [0.1, 0.15) is 11.7 Å². The van der Waals surface area contributed by atoms with Crippen LogP contribution >= 0.6 is 0 Å². The fraction of sp³-hybridized carbons (Fsp3) is 0.111. The molecule has 22 heavy (non-hydrogen) atoms. The maximum Gasteiger partial charge on any atom is 0.132 e. The number of nitrogens with two attached hydrogens (primary N) is 1. The van der Waals surface area contributed by atoms with Crippen molar-refractivity contribution in [3.05, 3.63) is 66.4 Å². The van der Waals surface area contributed by atoms with E-state index in [1.807, 2.05) is 24.3 Å². The van der Waals surface area contributed by atoms with Crippen molar-refractivity contribution in [3.63, 3.8) is 0 Å². The van der Waals surface area contributed by atoms with Crippen molar-refractivity contribution in [1.82, 2.24) is 4.98 Å². The van der Waals surface area contributed by atoms with Crippen molar-refractivity contribution in [3.8, 4) is 0 Å². The summed E-state index contributed by atoms with van der Waals surface area (Å²) in [7, 11) is 0. The van der Waals surface area contributed by atoms with Crippen LogP contribution in [-0.2, 0) is 0 Å². The van der Waals surface area contributed by atoms with Gasteiger partial charge in [-0.05, 0) is 30.5 Å². The molecule has 0 spiro atoms. The van der Waals surface area contributed by atoms with E-state index in [0.717, 1.165) is 18.1 Å². The van der Waals surface area contributed by atoms with Crippen molar-refractivity contribution >= 4 is 28.1 Å². The summed E-state index contributed by atoms with van der Waals surface area (Å²) in [5, 5.41) is 9.86. The van der Waals surface area contributed by atoms with Gasteiger partial charge >= 0.3 is 0 Å². The molecule has 4 nitrogen and oxygen atoms in total. The molecule has 0 bridgehead atoms. The highest BCUT2D eigenvalue weighted by Crippen LogP contribution is 2.31. The summed E-state index contributed by atoms with van der Waals surface area (Å²) < 4.78 is 0. The average molecular weight is 290 g/mol. The SMILES string of the molecule is CCN(c1ccc(C(=N)N)cn1)c1cccc2ccccc12. The average Bonchev–Trinajstić information content (AvgIpc) is 2.56. The molecule has 0 fully saturated rings. The number of hydrogen-bond acceptors (Lipinski definition) is 3. The lowest BCUT2D eigenvalue weighted by Gasteiger charge is -2.24. The predicted molar refractivity (Wildman–Crippen MR) is 91.9 cm³/mol. The minimum absolute atomic E-state index is 0.0345. The van der Waals surface area contributed by atoms with Crippen LogP contribution in [0.1, 0.15) is 12.5 Å². The van der Waals surface area contributed by atoms with Gasteiger partial charge in [0.2, 0.25) is 0 Å². The molecule has 0 aliphatic rings. The molecule has 0 aliphatic heterocycles. The number of anilines is 2. The second-order valence-electron chi connectivity index (χ2n) is 5.06. The minimum atomic E-state index is 0.0345. The van der Waals surface area contributed by atoms with Gasteiger partial charge in [-0.25, -0.2) is 4.98 Å². The molecule has 0 unspecified atom stereocenters. The molecule has 0 saturated carbocycles. The summed E-state index contributed by atoms with van der Waals surface area (Å²) in [5.41, 5.74) is 7.25. The Balaban J connectivity index is 2.08. The van der Waals surface area contributed by atoms with Gasteiger partial charge < -0.3 is 10.6 Å². The lowest BCUT2D eigenvalue weighted by Crippen LogP contribution is -2.18. The van der Waals surface area contributed by atoms with E-state index < -0.39 is 0 Å². The van der Waals surface area contributed by atoms with Crippen LogP contribution in [0.4, 0.5) is 11.5 Å². The maximum absolute atomic E-state index is 7.45. The van der Waals surface area contributed by atoms with Gasteiger partial charge in [0.15, 0.2) is 0 Å². The highest BCUT2D eigenvalue weighted by atomic mass is 15.2. The molecular formula is C18H18N4. The fourth-order valence-corrected chi connectivity index (χ4v) is 2.60. The van der Waals surface area contributed by atoms with Crippen LogP contribution in [0.2, 0.25) is 0 Å². The third kappa shape index (κ3) is 2.51. The van der Waals surface area contributed by atoms with E-state index in [4.69, 9.17) is 11.1 Å². The first kappa shape index (κ1) is 14.1. The van der Waals surface area contributed by atoms with Gasteiger partial charge in [0.25, 0.3) is 0 Å². The minimum Gasteiger partial charge on any atom is -0.384 e. The third-order valence-electron chi connectivity index (χ3n) is 3.71. The highest BCUT2D eigenvalue weighted by Gasteiger charge is 2.11. The van der Waals surface area contributed by atoms with Crippen LogP contribution in [0, 0.1) is 5.41 Å². The van der Waals surface area contributed by atoms with Gasteiger partial charge in [-0.1, -0.05) is 36.4 Å². The summed E-state index contributed by atoms with van der Waals surface area (Å²) in [6.07, 6.45) is 1.64. The summed E-state index contributed by atoms with van der Waals surface area (Å²) in [6, 6.07) is 18.3. The monoisotopic (exact) mass is 290 g/mol. The molecule has 0 saturated heterocycles. The Morgan fingerprint density at radius 3 is 2.55 bits per heavy atom. The molecule has 0 amide bonds. The smallest absolute Gasteiger partial charge is 0.132 e. The second kappa shape index (κ2) is 5.85. The molecule has 2 aromatic carbocycles. The molecule has 3 rings (SSSR count). The summed E-state index contributed by atoms with van der Waals surface area (Å²) >= 11 is 0. The molecule has 1 heterocycles. The van der Waals surface area contributed by atoms with Crippen molar-refractivity contribution in [2.75, 3.05) is 11.4 Å². The van der Waals surface area contributed by atoms with Gasteiger partial charge in [0, 0.05) is 23.7 Å². The Bertz CT molecular complexity index is 803. The molecule has 1 aromatic heterocycles. The Hall–Kier alpha value is -2.88. The lowest BCUT2D eigenvalue weighted by atomic mass is 10.1. The molecule has 3 aromatic rings. The number of pyridine rings is 1. The summed E-state index contributed by atoms with van der Waals surface area (Å²) in [5.74, 6) is 0.885. The fourth-order valence-electron chi connectivity index (χ4n) is 2.60. The van der Waals surface area contributed by atoms with E-state index in [9.17, 15) is 0 Å². The molecule has 4 heteroatoms. The zero-order chi connectivity index (χ0) is 15.5. The summed E-state index contributed by atoms with van der Waals surface area (Å²) in [4.78, 5) is 6.62. The van der Waals surface area contributed by atoms with E-state index in [2.05, 4.69) is 47.1 Å². The zero-order valence-electron chi connectivity index (χ0n) is 12.5. The topological polar surface area (TPSA) is 66.0 Å². The van der Waals surface area contributed by atoms with Crippen LogP contribution in [0.25, 0.3) is 10.8 Å². The first-order chi connectivity index (χ1) is 10.7. The quantitative estimate of drug-likeness (QED) is 0.569. The van der Waals surface area contributed by atoms with Gasteiger partial charge in [-0.15, -0.1) is 0 Å². The Labute approximate surface area is 129 Å². The number of nitrogen functional groups attached to an aromatic ring is 1. The van der Waals surface area contributed by atoms with Crippen molar-refractivity contribution in [2.24, 2.45) is 5.73 Å². The maximum atomic E-state index is 7.45. The first-order valence-electron chi connectivity index (χ1n) is 7.26. The standard InChI is InChI=1S/C18H18N4/c1-2-22(17-11-10-14(12-21-17)18(19)20)16-9-5-7-13-6-3-4-8-15(13)16/h3-12H,2H2,1H3,(H3,19,20). The van der Waals surface area contributed by atoms with Crippen LogP contribution in [-0.4, -0.2) is 17.4 Å². The molecular weight excluding hydrogens is 272 g/mol. The van der Waals surface area contributed by atoms with Gasteiger partial charge in [-0.3, -0.25) is 5.41 Å². The Morgan fingerprint density at radius 1 is 1.09 bits per heavy atom. The molecule has 0 radical (unpaired) electrons. The third-order valence-corrected chi connectivity index (χ3v) is 3.71. The summed E-state index contributed by atoms with van der Waals surface area (Å²) in [6.45, 7) is 2.91. The van der Waals surface area contributed by atoms with Gasteiger partial charge in [-0.2, -0.15) is 0 Å². The number of rotatable bonds is 4. The predicted octanol–water partition coefficient (Wildman–Crippen LogP) is 3.68. The number of hydrogen-bond donors (Lipinski definition) is 2. The van der Waals surface area contributed by atoms with Crippen LogP contribution in [0.3, 0.4) is 0 Å². The van der Waals surface area contributed by atoms with Crippen molar-refractivity contribution in [2.45, 2.75) is 6.92 Å². The largest absolute Gasteiger partial charge is 0.384 e. The highest BCUT2D eigenvalue weighted by molar-refractivity contribution is 5.96. The Morgan fingerprint density at radius 2 is 1.86 bits per heavy atom. The normalized spacial score (nSPS) is 10.6. The molecule has 0 aliphatic carbocycles. The van der Waals surface area contributed by atoms with Crippen LogP contribution in [0.5, 0.6) is 0 Å². The zero-order valence-corrected chi connectivity index (χ0v) is 12.5. The van der Waals surface area contributed by atoms with Gasteiger partial charge in [0.05, 0.1) is 5.69 Å². The van der Waals surface area contributed by atoms with E-state index in [1.54, 1.807) is 6.20 Å². The van der Waals surface area contributed by atoms with E-state index in [-0.39, 0.29) is 5.84 Å². The number of aromatic nitrogens is 1. The second-order valence-corrected chi connectivity index (χ2v) is 5.06. The van der Waals surface area contributed by atoms with E-state index in [1.165, 1.54) is 10.8 Å². The van der Waals surface area contributed by atoms with Crippen molar-refractivity contribution < 1.29 is 0 Å². The Kier molecular flexibility index (Phi) is 3.74. The lowest BCUT2D eigenvalue weighted by molar-refractivity contribution is 0.994. The number of amidine groups is 1. The van der Waals surface area contributed by atoms with E-state index in [0.29, 0.717) is 5.56 Å². The molecule has 3 N–H and O–H groups in total. The molecule has 0 atom stereocenters. The number of nitrogens with one attached hydrogen (secondary N) is 1. The first-order valence-corrected chi connectivity index (χ1v) is 7.26. The number of nitrogens with zero attached hydrogens (tertiary/aromatic N) is 2. The number of benzene rings is 2. The van der Waals surface area contributed by atoms with Crippen molar-refractivity contribution in [1.29, 1.82) is 5.41 Å². The van der Waals surface area contributed by atoms with Crippen LogP contribution < -0.4 is 10.6 Å². The number of fused-ring (bicyclic) bond motifs is 1. The van der Waals surface area contributed by atoms with Crippen LogP contribution in [0.15, 0.2) is 60.8 Å².